The van der Waals surface area contributed by atoms with Crippen LogP contribution in [0.1, 0.15) is 25.3 Å². The molecule has 152 valence electrons. The van der Waals surface area contributed by atoms with E-state index in [0.29, 0.717) is 12.5 Å². The number of nitrogens with one attached hydrogen (secondary N) is 2. The summed E-state index contributed by atoms with van der Waals surface area (Å²) in [6.07, 6.45) is 0. The summed E-state index contributed by atoms with van der Waals surface area (Å²) < 4.78 is 0. The first kappa shape index (κ1) is 21.7. The van der Waals surface area contributed by atoms with Crippen LogP contribution in [0.5, 0.6) is 0 Å². The van der Waals surface area contributed by atoms with E-state index in [9.17, 15) is 5.11 Å². The standard InChI is InChI=1S/C21H37N5O/c1-4-25-10-12-26(13-11-25)16-18(2)14-23-21(22-3)24-15-20(17-27)19-8-6-5-7-9-19/h5-9,18,20,27H,4,10-17H2,1-3H3,(H2,22,23,24). The van der Waals surface area contributed by atoms with Crippen LogP contribution >= 0.6 is 0 Å². The van der Waals surface area contributed by atoms with E-state index >= 15 is 0 Å². The third kappa shape index (κ3) is 7.48. The van der Waals surface area contributed by atoms with Crippen molar-refractivity contribution in [1.82, 2.24) is 20.4 Å². The second-order valence-electron chi connectivity index (χ2n) is 7.46. The molecular formula is C21H37N5O. The molecule has 6 heteroatoms. The Hall–Kier alpha value is -1.63. The van der Waals surface area contributed by atoms with E-state index in [-0.39, 0.29) is 12.5 Å². The smallest absolute Gasteiger partial charge is 0.191 e. The molecule has 6 nitrogen and oxygen atoms in total. The van der Waals surface area contributed by atoms with Crippen LogP contribution in [0.25, 0.3) is 0 Å². The summed E-state index contributed by atoms with van der Waals surface area (Å²) in [6.45, 7) is 13.2. The Bertz CT molecular complexity index is 543. The Morgan fingerprint density at radius 2 is 1.70 bits per heavy atom. The fourth-order valence-corrected chi connectivity index (χ4v) is 3.52. The number of nitrogens with zero attached hydrogens (tertiary/aromatic N) is 3. The third-order valence-electron chi connectivity index (χ3n) is 5.33. The highest BCUT2D eigenvalue weighted by atomic mass is 16.3. The molecule has 3 N–H and O–H groups in total. The molecule has 27 heavy (non-hydrogen) atoms. The summed E-state index contributed by atoms with van der Waals surface area (Å²) in [5.74, 6) is 1.42. The van der Waals surface area contributed by atoms with E-state index in [4.69, 9.17) is 0 Å². The second kappa shape index (κ2) is 12.0. The maximum absolute atomic E-state index is 9.69. The van der Waals surface area contributed by atoms with Crippen molar-refractivity contribution in [3.8, 4) is 0 Å². The predicted octanol–water partition coefficient (Wildman–Crippen LogP) is 1.20. The van der Waals surface area contributed by atoms with Crippen molar-refractivity contribution < 1.29 is 5.11 Å². The van der Waals surface area contributed by atoms with Gasteiger partial charge < -0.3 is 25.5 Å². The van der Waals surface area contributed by atoms with E-state index in [0.717, 1.165) is 31.2 Å². The zero-order valence-electron chi connectivity index (χ0n) is 17.2. The Kier molecular flexibility index (Phi) is 9.59. The lowest BCUT2D eigenvalue weighted by Crippen LogP contribution is -2.48. The van der Waals surface area contributed by atoms with Crippen molar-refractivity contribution in [1.29, 1.82) is 0 Å². The van der Waals surface area contributed by atoms with Crippen molar-refractivity contribution in [2.24, 2.45) is 10.9 Å². The summed E-state index contributed by atoms with van der Waals surface area (Å²) in [5, 5.41) is 16.5. The number of aliphatic hydroxyl groups is 1. The molecule has 0 aliphatic carbocycles. The number of hydrogen-bond donors (Lipinski definition) is 3. The van der Waals surface area contributed by atoms with E-state index < -0.39 is 0 Å². The maximum Gasteiger partial charge on any atom is 0.191 e. The molecule has 1 aromatic rings. The molecule has 1 aliphatic heterocycles. The minimum atomic E-state index is 0.0667. The van der Waals surface area contributed by atoms with Gasteiger partial charge in [0, 0.05) is 58.8 Å². The average molecular weight is 376 g/mol. The molecular weight excluding hydrogens is 338 g/mol. The van der Waals surface area contributed by atoms with Crippen LogP contribution in [0.2, 0.25) is 0 Å². The van der Waals surface area contributed by atoms with E-state index in [1.54, 1.807) is 7.05 Å². The first-order chi connectivity index (χ1) is 13.2. The number of aliphatic imine (C=N–C) groups is 1. The fraction of sp³-hybridized carbons (Fsp3) is 0.667. The normalized spacial score (nSPS) is 18.9. The third-order valence-corrected chi connectivity index (χ3v) is 5.33. The number of aliphatic hydroxyl groups excluding tert-OH is 1. The van der Waals surface area contributed by atoms with Gasteiger partial charge in [-0.15, -0.1) is 0 Å². The Labute approximate surface area is 164 Å². The highest BCUT2D eigenvalue weighted by Crippen LogP contribution is 2.13. The number of hydrogen-bond acceptors (Lipinski definition) is 4. The molecule has 0 radical (unpaired) electrons. The molecule has 1 saturated heterocycles. The molecule has 1 aromatic carbocycles. The van der Waals surface area contributed by atoms with Crippen molar-refractivity contribution in [2.75, 3.05) is 66.0 Å². The van der Waals surface area contributed by atoms with Crippen LogP contribution in [0.3, 0.4) is 0 Å². The summed E-state index contributed by atoms with van der Waals surface area (Å²) >= 11 is 0. The monoisotopic (exact) mass is 375 g/mol. The van der Waals surface area contributed by atoms with E-state index in [1.807, 2.05) is 18.2 Å². The highest BCUT2D eigenvalue weighted by molar-refractivity contribution is 5.79. The molecule has 1 aliphatic rings. The molecule has 1 heterocycles. The number of piperazine rings is 1. The van der Waals surface area contributed by atoms with Crippen molar-refractivity contribution >= 4 is 5.96 Å². The Balaban J connectivity index is 1.70. The molecule has 0 aromatic heterocycles. The van der Waals surface area contributed by atoms with Crippen molar-refractivity contribution in [2.45, 2.75) is 19.8 Å². The molecule has 2 atom stereocenters. The van der Waals surface area contributed by atoms with Gasteiger partial charge in [0.25, 0.3) is 0 Å². The average Bonchev–Trinajstić information content (AvgIpc) is 2.72. The molecule has 0 bridgehead atoms. The van der Waals surface area contributed by atoms with Gasteiger partial charge in [-0.3, -0.25) is 4.99 Å². The number of rotatable bonds is 9. The van der Waals surface area contributed by atoms with Crippen LogP contribution in [-0.2, 0) is 0 Å². The summed E-state index contributed by atoms with van der Waals surface area (Å²) in [5.41, 5.74) is 1.14. The van der Waals surface area contributed by atoms with E-state index in [1.165, 1.54) is 26.2 Å². The molecule has 0 amide bonds. The van der Waals surface area contributed by atoms with Crippen LogP contribution in [0.4, 0.5) is 0 Å². The zero-order chi connectivity index (χ0) is 19.5. The molecule has 1 fully saturated rings. The number of likely N-dealkylation sites (N-methyl/N-ethyl adjacent to an activating group) is 1. The van der Waals surface area contributed by atoms with Gasteiger partial charge in [-0.1, -0.05) is 44.2 Å². The first-order valence-corrected chi connectivity index (χ1v) is 10.2. The molecule has 0 spiro atoms. The van der Waals surface area contributed by atoms with Crippen LogP contribution in [-0.4, -0.2) is 86.9 Å². The summed E-state index contributed by atoms with van der Waals surface area (Å²) in [7, 11) is 1.79. The van der Waals surface area contributed by atoms with Crippen molar-refractivity contribution in [3.05, 3.63) is 35.9 Å². The zero-order valence-corrected chi connectivity index (χ0v) is 17.2. The highest BCUT2D eigenvalue weighted by Gasteiger charge is 2.17. The SMILES string of the molecule is CCN1CCN(CC(C)CNC(=NC)NCC(CO)c2ccccc2)CC1. The Morgan fingerprint density at radius 1 is 1.07 bits per heavy atom. The fourth-order valence-electron chi connectivity index (χ4n) is 3.52. The summed E-state index contributed by atoms with van der Waals surface area (Å²) in [6, 6.07) is 10.1. The first-order valence-electron chi connectivity index (χ1n) is 10.2. The van der Waals surface area contributed by atoms with Gasteiger partial charge in [0.15, 0.2) is 5.96 Å². The maximum atomic E-state index is 9.69. The largest absolute Gasteiger partial charge is 0.396 e. The number of guanidine groups is 1. The minimum Gasteiger partial charge on any atom is -0.396 e. The molecule has 0 saturated carbocycles. The molecule has 2 rings (SSSR count). The van der Waals surface area contributed by atoms with Gasteiger partial charge in [-0.2, -0.15) is 0 Å². The van der Waals surface area contributed by atoms with Gasteiger partial charge >= 0.3 is 0 Å². The van der Waals surface area contributed by atoms with Crippen LogP contribution < -0.4 is 10.6 Å². The predicted molar refractivity (Wildman–Crippen MR) is 113 cm³/mol. The van der Waals surface area contributed by atoms with E-state index in [2.05, 4.69) is 51.4 Å². The topological polar surface area (TPSA) is 63.1 Å². The minimum absolute atomic E-state index is 0.0667. The van der Waals surface area contributed by atoms with Gasteiger partial charge in [0.05, 0.1) is 6.61 Å². The van der Waals surface area contributed by atoms with Gasteiger partial charge in [-0.25, -0.2) is 0 Å². The van der Waals surface area contributed by atoms with Gasteiger partial charge in [0.2, 0.25) is 0 Å². The van der Waals surface area contributed by atoms with Crippen LogP contribution in [0.15, 0.2) is 35.3 Å². The van der Waals surface area contributed by atoms with Crippen molar-refractivity contribution in [3.63, 3.8) is 0 Å². The number of benzene rings is 1. The van der Waals surface area contributed by atoms with Gasteiger partial charge in [-0.05, 0) is 18.0 Å². The summed E-state index contributed by atoms with van der Waals surface area (Å²) in [4.78, 5) is 9.39. The quantitative estimate of drug-likeness (QED) is 0.447. The van der Waals surface area contributed by atoms with Crippen LogP contribution in [0, 0.1) is 5.92 Å². The lowest BCUT2D eigenvalue weighted by Gasteiger charge is -2.35. The Morgan fingerprint density at radius 3 is 2.30 bits per heavy atom. The molecule has 2 unspecified atom stereocenters. The lowest BCUT2D eigenvalue weighted by atomic mass is 10.0. The van der Waals surface area contributed by atoms with Gasteiger partial charge in [0.1, 0.15) is 0 Å². The second-order valence-corrected chi connectivity index (χ2v) is 7.46. The lowest BCUT2D eigenvalue weighted by molar-refractivity contribution is 0.124.